The minimum absolute atomic E-state index is 0.121. The number of pyridine rings is 1. The molecule has 1 fully saturated rings. The number of aliphatic hydroxyl groups is 1. The summed E-state index contributed by atoms with van der Waals surface area (Å²) in [5.41, 5.74) is 9.04. The summed E-state index contributed by atoms with van der Waals surface area (Å²) < 4.78 is 0. The molecule has 0 radical (unpaired) electrons. The van der Waals surface area contributed by atoms with Crippen molar-refractivity contribution in [3.63, 3.8) is 0 Å². The average molecular weight is 364 g/mol. The van der Waals surface area contributed by atoms with E-state index in [0.717, 1.165) is 75.8 Å². The van der Waals surface area contributed by atoms with Crippen molar-refractivity contribution in [1.82, 2.24) is 9.88 Å². The predicted octanol–water partition coefficient (Wildman–Crippen LogP) is 2.91. The van der Waals surface area contributed by atoms with Gasteiger partial charge in [-0.3, -0.25) is 9.69 Å². The zero-order valence-corrected chi connectivity index (χ0v) is 15.9. The molecule has 0 spiro atoms. The monoisotopic (exact) mass is 364 g/mol. The number of piperidine rings is 1. The van der Waals surface area contributed by atoms with Crippen LogP contribution < -0.4 is 5.56 Å². The maximum absolute atomic E-state index is 12.6. The van der Waals surface area contributed by atoms with E-state index in [0.29, 0.717) is 0 Å². The Bertz CT molecular complexity index is 911. The molecule has 1 saturated heterocycles. The number of allylic oxidation sites excluding steroid dienone is 4. The van der Waals surface area contributed by atoms with E-state index >= 15 is 0 Å². The van der Waals surface area contributed by atoms with Crippen molar-refractivity contribution in [3.8, 4) is 0 Å². The zero-order valence-electron chi connectivity index (χ0n) is 15.9. The third-order valence-corrected chi connectivity index (χ3v) is 6.72. The smallest absolute Gasteiger partial charge is 0.251 e. The first kappa shape index (κ1) is 17.2. The van der Waals surface area contributed by atoms with Crippen molar-refractivity contribution >= 4 is 5.57 Å². The summed E-state index contributed by atoms with van der Waals surface area (Å²) in [5, 5.41) is 9.70. The molecule has 0 atom stereocenters. The number of rotatable bonds is 2. The largest absolute Gasteiger partial charge is 0.393 e. The average Bonchev–Trinajstić information content (AvgIpc) is 2.91. The minimum Gasteiger partial charge on any atom is -0.393 e. The Morgan fingerprint density at radius 1 is 1.07 bits per heavy atom. The maximum atomic E-state index is 12.6. The van der Waals surface area contributed by atoms with E-state index in [1.54, 1.807) is 0 Å². The van der Waals surface area contributed by atoms with Crippen LogP contribution in [0.4, 0.5) is 0 Å². The van der Waals surface area contributed by atoms with Crippen LogP contribution >= 0.6 is 0 Å². The first-order valence-electron chi connectivity index (χ1n) is 10.5. The second-order valence-corrected chi connectivity index (χ2v) is 8.49. The summed E-state index contributed by atoms with van der Waals surface area (Å²) in [6, 6.07) is 0. The fraction of sp³-hybridized carbons (Fsp3) is 0.522. The van der Waals surface area contributed by atoms with Gasteiger partial charge in [-0.15, -0.1) is 0 Å². The number of aromatic nitrogens is 1. The van der Waals surface area contributed by atoms with E-state index in [1.165, 1.54) is 34.3 Å². The van der Waals surface area contributed by atoms with Crippen molar-refractivity contribution in [2.75, 3.05) is 19.6 Å². The molecule has 4 nitrogen and oxygen atoms in total. The van der Waals surface area contributed by atoms with Crippen molar-refractivity contribution in [3.05, 3.63) is 62.1 Å². The molecule has 4 aliphatic rings. The van der Waals surface area contributed by atoms with Gasteiger partial charge < -0.3 is 10.1 Å². The van der Waals surface area contributed by atoms with Gasteiger partial charge in [0, 0.05) is 25.2 Å². The predicted molar refractivity (Wildman–Crippen MR) is 108 cm³/mol. The van der Waals surface area contributed by atoms with Crippen LogP contribution in [0.2, 0.25) is 0 Å². The number of hydrogen-bond donors (Lipinski definition) is 2. The molecule has 27 heavy (non-hydrogen) atoms. The first-order valence-corrected chi connectivity index (χ1v) is 10.5. The summed E-state index contributed by atoms with van der Waals surface area (Å²) in [6.45, 7) is 2.90. The Balaban J connectivity index is 1.38. The molecule has 142 valence electrons. The SMILES string of the molecule is O=c1[nH]c2c(c3c1CCCC3)CC1=C2C=CC(CN2CCC(O)CC2)=CC1. The van der Waals surface area contributed by atoms with Crippen molar-refractivity contribution in [1.29, 1.82) is 0 Å². The Morgan fingerprint density at radius 3 is 2.67 bits per heavy atom. The number of H-pyrrole nitrogens is 1. The van der Waals surface area contributed by atoms with Crippen LogP contribution in [0.25, 0.3) is 5.57 Å². The molecule has 4 heteroatoms. The highest BCUT2D eigenvalue weighted by molar-refractivity contribution is 5.83. The lowest BCUT2D eigenvalue weighted by atomic mass is 9.88. The normalized spacial score (nSPS) is 22.9. The van der Waals surface area contributed by atoms with Crippen molar-refractivity contribution < 1.29 is 5.11 Å². The second-order valence-electron chi connectivity index (χ2n) is 8.49. The lowest BCUT2D eigenvalue weighted by Gasteiger charge is -2.29. The number of aliphatic hydroxyl groups excluding tert-OH is 1. The minimum atomic E-state index is -0.121. The van der Waals surface area contributed by atoms with Gasteiger partial charge in [-0.05, 0) is 73.6 Å². The Labute approximate surface area is 160 Å². The Morgan fingerprint density at radius 2 is 1.85 bits per heavy atom. The molecule has 0 aromatic carbocycles. The van der Waals surface area contributed by atoms with E-state index in [9.17, 15) is 9.90 Å². The van der Waals surface area contributed by atoms with Crippen molar-refractivity contribution in [2.45, 2.75) is 57.5 Å². The van der Waals surface area contributed by atoms with Gasteiger partial charge in [0.05, 0.1) is 11.8 Å². The van der Waals surface area contributed by atoms with Gasteiger partial charge in [0.1, 0.15) is 0 Å². The quantitative estimate of drug-likeness (QED) is 0.848. The molecule has 2 N–H and O–H groups in total. The molecule has 2 heterocycles. The van der Waals surface area contributed by atoms with Gasteiger partial charge in [-0.2, -0.15) is 0 Å². The third kappa shape index (κ3) is 3.15. The third-order valence-electron chi connectivity index (χ3n) is 6.72. The van der Waals surface area contributed by atoms with Gasteiger partial charge in [-0.1, -0.05) is 23.8 Å². The summed E-state index contributed by atoms with van der Waals surface area (Å²) in [4.78, 5) is 18.2. The molecule has 1 aromatic heterocycles. The molecule has 0 amide bonds. The standard InChI is InChI=1S/C23H28N2O2/c26-17-9-11-25(12-10-17)14-15-5-7-16-13-21-19-3-1-2-4-20(19)23(27)24-22(21)18(16)8-6-15/h5-6,8,17,26H,1-4,7,9-14H2,(H,24,27). The van der Waals surface area contributed by atoms with E-state index in [4.69, 9.17) is 0 Å². The number of likely N-dealkylation sites (tertiary alicyclic amines) is 1. The van der Waals surface area contributed by atoms with Crippen LogP contribution in [0.3, 0.4) is 0 Å². The lowest BCUT2D eigenvalue weighted by Crippen LogP contribution is -2.36. The number of fused-ring (bicyclic) bond motifs is 4. The van der Waals surface area contributed by atoms with Gasteiger partial charge in [0.2, 0.25) is 0 Å². The summed E-state index contributed by atoms with van der Waals surface area (Å²) >= 11 is 0. The van der Waals surface area contributed by atoms with Crippen LogP contribution in [-0.4, -0.2) is 40.7 Å². The summed E-state index contributed by atoms with van der Waals surface area (Å²) in [7, 11) is 0. The highest BCUT2D eigenvalue weighted by Gasteiger charge is 2.28. The number of hydrogen-bond acceptors (Lipinski definition) is 3. The Kier molecular flexibility index (Phi) is 4.41. The van der Waals surface area contributed by atoms with Gasteiger partial charge >= 0.3 is 0 Å². The topological polar surface area (TPSA) is 56.3 Å². The summed E-state index contributed by atoms with van der Waals surface area (Å²) in [5.74, 6) is 0. The lowest BCUT2D eigenvalue weighted by molar-refractivity contribution is 0.0872. The number of aromatic amines is 1. The molecule has 1 aromatic rings. The van der Waals surface area contributed by atoms with E-state index in [-0.39, 0.29) is 11.7 Å². The fourth-order valence-electron chi connectivity index (χ4n) is 5.16. The van der Waals surface area contributed by atoms with Crippen LogP contribution in [0.15, 0.2) is 34.2 Å². The van der Waals surface area contributed by atoms with Gasteiger partial charge in [0.25, 0.3) is 5.56 Å². The van der Waals surface area contributed by atoms with E-state index < -0.39 is 0 Å². The molecular weight excluding hydrogens is 336 g/mol. The summed E-state index contributed by atoms with van der Waals surface area (Å²) in [6.07, 6.45) is 14.8. The highest BCUT2D eigenvalue weighted by Crippen LogP contribution is 2.39. The van der Waals surface area contributed by atoms with Crippen LogP contribution in [-0.2, 0) is 19.3 Å². The highest BCUT2D eigenvalue weighted by atomic mass is 16.3. The maximum Gasteiger partial charge on any atom is 0.251 e. The molecule has 1 aliphatic heterocycles. The van der Waals surface area contributed by atoms with Crippen LogP contribution in [0, 0.1) is 0 Å². The van der Waals surface area contributed by atoms with Crippen LogP contribution in [0.5, 0.6) is 0 Å². The van der Waals surface area contributed by atoms with E-state index in [1.807, 2.05) is 0 Å². The fourth-order valence-corrected chi connectivity index (χ4v) is 5.16. The molecule has 0 bridgehead atoms. The second kappa shape index (κ2) is 6.92. The van der Waals surface area contributed by atoms with E-state index in [2.05, 4.69) is 28.1 Å². The molecule has 5 rings (SSSR count). The molecular formula is C23H28N2O2. The first-order chi connectivity index (χ1) is 13.2. The Hall–Kier alpha value is -1.91. The van der Waals surface area contributed by atoms with Crippen LogP contribution in [0.1, 0.15) is 54.5 Å². The molecule has 0 saturated carbocycles. The zero-order chi connectivity index (χ0) is 18.4. The molecule has 3 aliphatic carbocycles. The number of nitrogens with one attached hydrogen (secondary N) is 1. The molecule has 0 unspecified atom stereocenters. The number of nitrogens with zero attached hydrogens (tertiary/aromatic N) is 1. The van der Waals surface area contributed by atoms with Crippen molar-refractivity contribution in [2.24, 2.45) is 0 Å². The van der Waals surface area contributed by atoms with Gasteiger partial charge in [-0.25, -0.2) is 0 Å². The van der Waals surface area contributed by atoms with Gasteiger partial charge in [0.15, 0.2) is 0 Å².